The van der Waals surface area contributed by atoms with Gasteiger partial charge in [0.25, 0.3) is 0 Å². The first-order valence-corrected chi connectivity index (χ1v) is 36.7. The van der Waals surface area contributed by atoms with E-state index in [4.69, 9.17) is 9.05 Å². The molecule has 79 heavy (non-hydrogen) atoms. The predicted octanol–water partition coefficient (Wildman–Crippen LogP) is 22.3. The van der Waals surface area contributed by atoms with Gasteiger partial charge in [-0.3, -0.25) is 13.8 Å². The maximum atomic E-state index is 13.1. The van der Waals surface area contributed by atoms with Gasteiger partial charge in [0.2, 0.25) is 5.91 Å². The first kappa shape index (κ1) is 78.0. The van der Waals surface area contributed by atoms with Crippen LogP contribution in [0.4, 0.5) is 0 Å². The number of aliphatic hydroxyl groups excluding tert-OH is 1. The van der Waals surface area contributed by atoms with E-state index in [-0.39, 0.29) is 19.1 Å². The summed E-state index contributed by atoms with van der Waals surface area (Å²) in [5.41, 5.74) is 0. The summed E-state index contributed by atoms with van der Waals surface area (Å²) in [6.45, 7) is 4.95. The molecule has 9 heteroatoms. The lowest BCUT2D eigenvalue weighted by Gasteiger charge is -2.26. The van der Waals surface area contributed by atoms with E-state index in [1.165, 1.54) is 295 Å². The van der Waals surface area contributed by atoms with Gasteiger partial charge in [-0.15, -0.1) is 0 Å². The first-order valence-electron chi connectivity index (χ1n) is 35.2. The molecule has 3 unspecified atom stereocenters. The van der Waals surface area contributed by atoms with Crippen LogP contribution < -0.4 is 5.32 Å². The summed E-state index contributed by atoms with van der Waals surface area (Å²) < 4.78 is 23.9. The second kappa shape index (κ2) is 61.5. The molecule has 0 radical (unpaired) electrons. The lowest BCUT2D eigenvalue weighted by molar-refractivity contribution is -0.870. The standard InChI is InChI=1S/C70H139N2O6P/c1-6-8-10-12-14-16-18-20-22-24-26-27-28-29-30-31-32-33-34-35-36-37-38-39-40-41-42-43-44-45-46-48-50-52-54-56-58-60-62-64-70(74)71-68(67-78-79(75,76)77-66-65-72(3,4)5)69(73)63-61-59-57-55-53-51-49-47-25-23-21-19-17-15-13-11-9-7-2/h32-33,35-36,68-69,73H,6-31,34,37-67H2,1-5H3,(H-,71,74,75,76)/p+1/b33-32-,36-35-. The molecule has 0 aromatic rings. The van der Waals surface area contributed by atoms with Crippen molar-refractivity contribution in [3.05, 3.63) is 24.3 Å². The second-order valence-corrected chi connectivity index (χ2v) is 27.1. The van der Waals surface area contributed by atoms with Gasteiger partial charge in [0.1, 0.15) is 13.2 Å². The molecule has 0 rings (SSSR count). The van der Waals surface area contributed by atoms with Crippen molar-refractivity contribution in [2.75, 3.05) is 40.9 Å². The molecule has 0 spiro atoms. The minimum Gasteiger partial charge on any atom is -0.391 e. The quantitative estimate of drug-likeness (QED) is 0.0243. The highest BCUT2D eigenvalue weighted by Gasteiger charge is 2.28. The fraction of sp³-hybridized carbons (Fsp3) is 0.929. The zero-order valence-corrected chi connectivity index (χ0v) is 54.8. The first-order chi connectivity index (χ1) is 38.5. The molecule has 3 atom stereocenters. The normalized spacial score (nSPS) is 13.8. The molecule has 0 aliphatic rings. The summed E-state index contributed by atoms with van der Waals surface area (Å²) in [6.07, 6.45) is 80.1. The number of phosphoric acid groups is 1. The lowest BCUT2D eigenvalue weighted by atomic mass is 10.0. The van der Waals surface area contributed by atoms with E-state index < -0.39 is 20.0 Å². The molecule has 0 aromatic carbocycles. The van der Waals surface area contributed by atoms with Gasteiger partial charge in [0.15, 0.2) is 0 Å². The highest BCUT2D eigenvalue weighted by molar-refractivity contribution is 7.47. The average Bonchev–Trinajstić information content (AvgIpc) is 3.42. The molecule has 0 bridgehead atoms. The third-order valence-corrected chi connectivity index (χ3v) is 17.4. The van der Waals surface area contributed by atoms with Crippen molar-refractivity contribution in [2.45, 2.75) is 379 Å². The number of unbranched alkanes of at least 4 members (excludes halogenated alkanes) is 49. The van der Waals surface area contributed by atoms with Crippen molar-refractivity contribution in [2.24, 2.45) is 0 Å². The van der Waals surface area contributed by atoms with E-state index in [1.807, 2.05) is 21.1 Å². The SMILES string of the molecule is CCCCCCCCCCCCCCCCC/C=C\C/C=C\CCCCCCCCCCCCCCCCCCCC(=O)NC(COP(=O)(O)OCC[N+](C)(C)C)C(O)CCCCCCCCCCCCCCCCCCCC. The molecule has 0 saturated heterocycles. The Hall–Kier alpha value is -1.02. The Morgan fingerprint density at radius 3 is 1.04 bits per heavy atom. The third kappa shape index (κ3) is 64.4. The number of aliphatic hydroxyl groups is 1. The summed E-state index contributed by atoms with van der Waals surface area (Å²) in [5, 5.41) is 14.1. The van der Waals surface area contributed by atoms with Crippen LogP contribution in [-0.2, 0) is 18.4 Å². The largest absolute Gasteiger partial charge is 0.472 e. The molecule has 470 valence electrons. The monoisotopic (exact) mass is 1140 g/mol. The van der Waals surface area contributed by atoms with Crippen LogP contribution in [0.25, 0.3) is 0 Å². The number of likely N-dealkylation sites (N-methyl/N-ethyl adjacent to an activating group) is 1. The number of hydrogen-bond donors (Lipinski definition) is 3. The molecule has 8 nitrogen and oxygen atoms in total. The molecule has 1 amide bonds. The van der Waals surface area contributed by atoms with Crippen LogP contribution in [0.2, 0.25) is 0 Å². The number of nitrogens with zero attached hydrogens (tertiary/aromatic N) is 1. The molecule has 0 aromatic heterocycles. The fourth-order valence-corrected chi connectivity index (χ4v) is 11.7. The Bertz CT molecular complexity index is 1340. The molecule has 3 N–H and O–H groups in total. The van der Waals surface area contributed by atoms with Gasteiger partial charge in [-0.1, -0.05) is 340 Å². The Morgan fingerprint density at radius 2 is 0.722 bits per heavy atom. The van der Waals surface area contributed by atoms with Gasteiger partial charge in [-0.25, -0.2) is 4.57 Å². The Labute approximate surface area is 494 Å². The van der Waals surface area contributed by atoms with Crippen LogP contribution in [0.1, 0.15) is 367 Å². The van der Waals surface area contributed by atoms with Crippen molar-refractivity contribution >= 4 is 13.7 Å². The summed E-state index contributed by atoms with van der Waals surface area (Å²) in [5.74, 6) is -0.137. The zero-order chi connectivity index (χ0) is 57.7. The number of carbonyl (C=O) groups excluding carboxylic acids is 1. The maximum Gasteiger partial charge on any atom is 0.472 e. The van der Waals surface area contributed by atoms with Gasteiger partial charge >= 0.3 is 7.82 Å². The fourth-order valence-electron chi connectivity index (χ4n) is 11.0. The average molecular weight is 1140 g/mol. The molecule has 0 aliphatic heterocycles. The smallest absolute Gasteiger partial charge is 0.391 e. The number of phosphoric ester groups is 1. The number of allylic oxidation sites excluding steroid dienone is 4. The minimum atomic E-state index is -4.32. The second-order valence-electron chi connectivity index (χ2n) is 25.6. The maximum absolute atomic E-state index is 13.1. The summed E-state index contributed by atoms with van der Waals surface area (Å²) >= 11 is 0. The molecular formula is C70H140N2O6P+. The number of amides is 1. The summed E-state index contributed by atoms with van der Waals surface area (Å²) in [7, 11) is 1.63. The van der Waals surface area contributed by atoms with E-state index in [2.05, 4.69) is 43.5 Å². The Morgan fingerprint density at radius 1 is 0.430 bits per heavy atom. The van der Waals surface area contributed by atoms with Gasteiger partial charge in [0, 0.05) is 6.42 Å². The van der Waals surface area contributed by atoms with E-state index >= 15 is 0 Å². The number of rotatable bonds is 66. The Kier molecular flexibility index (Phi) is 60.7. The number of nitrogens with one attached hydrogen (secondary N) is 1. The molecule has 0 fully saturated rings. The highest BCUT2D eigenvalue weighted by atomic mass is 31.2. The summed E-state index contributed by atoms with van der Waals surface area (Å²) in [6, 6.07) is -0.759. The third-order valence-electron chi connectivity index (χ3n) is 16.5. The van der Waals surface area contributed by atoms with Crippen LogP contribution in [0.5, 0.6) is 0 Å². The predicted molar refractivity (Wildman–Crippen MR) is 346 cm³/mol. The lowest BCUT2D eigenvalue weighted by Crippen LogP contribution is -2.46. The summed E-state index contributed by atoms with van der Waals surface area (Å²) in [4.78, 5) is 23.4. The van der Waals surface area contributed by atoms with Crippen LogP contribution >= 0.6 is 7.82 Å². The van der Waals surface area contributed by atoms with Crippen molar-refractivity contribution in [3.8, 4) is 0 Å². The van der Waals surface area contributed by atoms with Gasteiger partial charge < -0.3 is 19.8 Å². The van der Waals surface area contributed by atoms with E-state index in [0.29, 0.717) is 23.9 Å². The molecule has 0 heterocycles. The number of carbonyl (C=O) groups is 1. The molecular weight excluding hydrogens is 996 g/mol. The van der Waals surface area contributed by atoms with Crippen LogP contribution in [0, 0.1) is 0 Å². The Balaban J connectivity index is 3.90. The van der Waals surface area contributed by atoms with Crippen molar-refractivity contribution in [1.29, 1.82) is 0 Å². The zero-order valence-electron chi connectivity index (χ0n) is 53.9. The van der Waals surface area contributed by atoms with E-state index in [1.54, 1.807) is 0 Å². The van der Waals surface area contributed by atoms with Crippen molar-refractivity contribution in [3.63, 3.8) is 0 Å². The molecule has 0 aliphatic carbocycles. The van der Waals surface area contributed by atoms with Crippen LogP contribution in [0.15, 0.2) is 24.3 Å². The molecule has 0 saturated carbocycles. The minimum absolute atomic E-state index is 0.0771. The van der Waals surface area contributed by atoms with Gasteiger partial charge in [0.05, 0.1) is 39.9 Å². The van der Waals surface area contributed by atoms with E-state index in [0.717, 1.165) is 44.9 Å². The van der Waals surface area contributed by atoms with Crippen molar-refractivity contribution in [1.82, 2.24) is 5.32 Å². The van der Waals surface area contributed by atoms with Crippen molar-refractivity contribution < 1.29 is 32.9 Å². The van der Waals surface area contributed by atoms with E-state index in [9.17, 15) is 19.4 Å². The van der Waals surface area contributed by atoms with Crippen LogP contribution in [-0.4, -0.2) is 73.4 Å². The highest BCUT2D eigenvalue weighted by Crippen LogP contribution is 2.43. The number of hydrogen-bond acceptors (Lipinski definition) is 5. The topological polar surface area (TPSA) is 105 Å². The number of quaternary nitrogens is 1. The van der Waals surface area contributed by atoms with Gasteiger partial charge in [-0.2, -0.15) is 0 Å². The van der Waals surface area contributed by atoms with Gasteiger partial charge in [-0.05, 0) is 44.9 Å². The van der Waals surface area contributed by atoms with Crippen LogP contribution in [0.3, 0.4) is 0 Å².